The standard InChI is InChI=1S/C16H19ClN2/c1-3-19(15-7-5-4-6-8-15)16-10-9-14(17)11-13(16)12-18-2/h4-11,18H,3,12H2,1-2H3. The van der Waals surface area contributed by atoms with Crippen LogP contribution < -0.4 is 10.2 Å². The first-order chi connectivity index (χ1) is 9.26. The molecule has 3 heteroatoms. The molecule has 0 heterocycles. The van der Waals surface area contributed by atoms with E-state index in [-0.39, 0.29) is 0 Å². The molecule has 0 spiro atoms. The second-order valence-corrected chi connectivity index (χ2v) is 4.82. The van der Waals surface area contributed by atoms with Crippen LogP contribution in [0, 0.1) is 0 Å². The van der Waals surface area contributed by atoms with Crippen LogP contribution in [-0.4, -0.2) is 13.6 Å². The Morgan fingerprint density at radius 3 is 2.47 bits per heavy atom. The lowest BCUT2D eigenvalue weighted by Gasteiger charge is -2.26. The van der Waals surface area contributed by atoms with Gasteiger partial charge in [0.1, 0.15) is 0 Å². The molecule has 2 nitrogen and oxygen atoms in total. The largest absolute Gasteiger partial charge is 0.342 e. The van der Waals surface area contributed by atoms with Gasteiger partial charge in [0.15, 0.2) is 0 Å². The smallest absolute Gasteiger partial charge is 0.0457 e. The molecule has 0 radical (unpaired) electrons. The van der Waals surface area contributed by atoms with E-state index in [1.165, 1.54) is 16.9 Å². The third-order valence-electron chi connectivity index (χ3n) is 3.08. The highest BCUT2D eigenvalue weighted by Gasteiger charge is 2.11. The van der Waals surface area contributed by atoms with Crippen LogP contribution in [0.25, 0.3) is 0 Å². The monoisotopic (exact) mass is 274 g/mol. The van der Waals surface area contributed by atoms with Gasteiger partial charge in [-0.2, -0.15) is 0 Å². The van der Waals surface area contributed by atoms with Gasteiger partial charge in [0, 0.05) is 29.5 Å². The highest BCUT2D eigenvalue weighted by Crippen LogP contribution is 2.30. The summed E-state index contributed by atoms with van der Waals surface area (Å²) < 4.78 is 0. The van der Waals surface area contributed by atoms with E-state index in [2.05, 4.69) is 47.5 Å². The van der Waals surface area contributed by atoms with Crippen molar-refractivity contribution in [3.8, 4) is 0 Å². The maximum Gasteiger partial charge on any atom is 0.0457 e. The lowest BCUT2D eigenvalue weighted by Crippen LogP contribution is -2.19. The Balaban J connectivity index is 2.43. The van der Waals surface area contributed by atoms with Crippen LogP contribution in [-0.2, 0) is 6.54 Å². The van der Waals surface area contributed by atoms with Gasteiger partial charge in [0.25, 0.3) is 0 Å². The summed E-state index contributed by atoms with van der Waals surface area (Å²) in [6.07, 6.45) is 0. The molecule has 2 aromatic rings. The first-order valence-corrected chi connectivity index (χ1v) is 6.89. The zero-order valence-electron chi connectivity index (χ0n) is 11.4. The maximum atomic E-state index is 6.10. The van der Waals surface area contributed by atoms with Crippen LogP contribution in [0.5, 0.6) is 0 Å². The number of anilines is 2. The molecule has 19 heavy (non-hydrogen) atoms. The zero-order chi connectivity index (χ0) is 13.7. The van der Waals surface area contributed by atoms with E-state index in [0.29, 0.717) is 0 Å². The van der Waals surface area contributed by atoms with Crippen molar-refractivity contribution in [3.05, 3.63) is 59.1 Å². The Labute approximate surface area is 120 Å². The minimum atomic E-state index is 0.776. The molecule has 1 N–H and O–H groups in total. The fourth-order valence-electron chi connectivity index (χ4n) is 2.25. The minimum Gasteiger partial charge on any atom is -0.342 e. The van der Waals surface area contributed by atoms with Crippen LogP contribution in [0.3, 0.4) is 0 Å². The average Bonchev–Trinajstić information content (AvgIpc) is 2.43. The van der Waals surface area contributed by atoms with Crippen molar-refractivity contribution in [1.29, 1.82) is 0 Å². The summed E-state index contributed by atoms with van der Waals surface area (Å²) in [5, 5.41) is 3.97. The number of hydrogen-bond acceptors (Lipinski definition) is 2. The molecular formula is C16H19ClN2. The van der Waals surface area contributed by atoms with Crippen molar-refractivity contribution >= 4 is 23.0 Å². The summed E-state index contributed by atoms with van der Waals surface area (Å²) >= 11 is 6.10. The Morgan fingerprint density at radius 2 is 1.84 bits per heavy atom. The minimum absolute atomic E-state index is 0.776. The third kappa shape index (κ3) is 3.28. The van der Waals surface area contributed by atoms with Crippen LogP contribution in [0.4, 0.5) is 11.4 Å². The van der Waals surface area contributed by atoms with Gasteiger partial charge >= 0.3 is 0 Å². The van der Waals surface area contributed by atoms with Crippen molar-refractivity contribution in [2.75, 3.05) is 18.5 Å². The van der Waals surface area contributed by atoms with Gasteiger partial charge in [-0.1, -0.05) is 29.8 Å². The number of nitrogens with zero attached hydrogens (tertiary/aromatic N) is 1. The number of nitrogens with one attached hydrogen (secondary N) is 1. The maximum absolute atomic E-state index is 6.10. The molecular weight excluding hydrogens is 256 g/mol. The Kier molecular flexibility index (Phi) is 4.83. The fraction of sp³-hybridized carbons (Fsp3) is 0.250. The van der Waals surface area contributed by atoms with E-state index in [1.54, 1.807) is 0 Å². The fourth-order valence-corrected chi connectivity index (χ4v) is 2.44. The van der Waals surface area contributed by atoms with Gasteiger partial charge in [-0.15, -0.1) is 0 Å². The highest BCUT2D eigenvalue weighted by molar-refractivity contribution is 6.30. The average molecular weight is 275 g/mol. The predicted molar refractivity (Wildman–Crippen MR) is 83.3 cm³/mol. The van der Waals surface area contributed by atoms with Crippen molar-refractivity contribution in [2.45, 2.75) is 13.5 Å². The Morgan fingerprint density at radius 1 is 1.11 bits per heavy atom. The normalized spacial score (nSPS) is 10.5. The molecule has 0 aliphatic heterocycles. The Hall–Kier alpha value is -1.51. The van der Waals surface area contributed by atoms with Crippen LogP contribution >= 0.6 is 11.6 Å². The van der Waals surface area contributed by atoms with Crippen molar-refractivity contribution in [2.24, 2.45) is 0 Å². The Bertz CT molecular complexity index is 526. The van der Waals surface area contributed by atoms with E-state index < -0.39 is 0 Å². The first kappa shape index (κ1) is 13.9. The van der Waals surface area contributed by atoms with Crippen LogP contribution in [0.15, 0.2) is 48.5 Å². The quantitative estimate of drug-likeness (QED) is 0.878. The molecule has 0 aliphatic carbocycles. The second kappa shape index (κ2) is 6.60. The van der Waals surface area contributed by atoms with E-state index in [9.17, 15) is 0 Å². The number of rotatable bonds is 5. The van der Waals surface area contributed by atoms with Crippen molar-refractivity contribution < 1.29 is 0 Å². The van der Waals surface area contributed by atoms with Gasteiger partial charge in [-0.05, 0) is 49.9 Å². The zero-order valence-corrected chi connectivity index (χ0v) is 12.1. The molecule has 0 aromatic heterocycles. The van der Waals surface area contributed by atoms with E-state index in [1.807, 2.05) is 25.2 Å². The summed E-state index contributed by atoms with van der Waals surface area (Å²) in [7, 11) is 1.95. The SMILES string of the molecule is CCN(c1ccccc1)c1ccc(Cl)cc1CNC. The topological polar surface area (TPSA) is 15.3 Å². The predicted octanol–water partition coefficient (Wildman–Crippen LogP) is 4.22. The van der Waals surface area contributed by atoms with Crippen molar-refractivity contribution in [1.82, 2.24) is 5.32 Å². The lowest BCUT2D eigenvalue weighted by molar-refractivity contribution is 0.813. The van der Waals surface area contributed by atoms with Gasteiger partial charge < -0.3 is 10.2 Å². The molecule has 100 valence electrons. The van der Waals surface area contributed by atoms with E-state index >= 15 is 0 Å². The third-order valence-corrected chi connectivity index (χ3v) is 3.32. The van der Waals surface area contributed by atoms with E-state index in [4.69, 9.17) is 11.6 Å². The lowest BCUT2D eigenvalue weighted by atomic mass is 10.1. The number of para-hydroxylation sites is 1. The summed E-state index contributed by atoms with van der Waals surface area (Å²) in [5.41, 5.74) is 3.61. The number of hydrogen-bond donors (Lipinski definition) is 1. The summed E-state index contributed by atoms with van der Waals surface area (Å²) in [5.74, 6) is 0. The number of halogens is 1. The van der Waals surface area contributed by atoms with Crippen molar-refractivity contribution in [3.63, 3.8) is 0 Å². The van der Waals surface area contributed by atoms with Gasteiger partial charge in [0.2, 0.25) is 0 Å². The summed E-state index contributed by atoms with van der Waals surface area (Å²) in [6.45, 7) is 3.88. The molecule has 0 saturated heterocycles. The van der Waals surface area contributed by atoms with E-state index in [0.717, 1.165) is 18.1 Å². The second-order valence-electron chi connectivity index (χ2n) is 4.38. The summed E-state index contributed by atoms with van der Waals surface area (Å²) in [4.78, 5) is 2.29. The molecule has 2 rings (SSSR count). The molecule has 0 amide bonds. The molecule has 0 unspecified atom stereocenters. The molecule has 0 saturated carbocycles. The van der Waals surface area contributed by atoms with Gasteiger partial charge in [-0.3, -0.25) is 0 Å². The molecule has 2 aromatic carbocycles. The van der Waals surface area contributed by atoms with Crippen LogP contribution in [0.2, 0.25) is 5.02 Å². The van der Waals surface area contributed by atoms with Gasteiger partial charge in [-0.25, -0.2) is 0 Å². The van der Waals surface area contributed by atoms with Crippen LogP contribution in [0.1, 0.15) is 12.5 Å². The first-order valence-electron chi connectivity index (χ1n) is 6.52. The highest BCUT2D eigenvalue weighted by atomic mass is 35.5. The molecule has 0 bridgehead atoms. The molecule has 0 aliphatic rings. The summed E-state index contributed by atoms with van der Waals surface area (Å²) in [6, 6.07) is 16.5. The molecule has 0 atom stereocenters. The number of benzene rings is 2. The van der Waals surface area contributed by atoms with Gasteiger partial charge in [0.05, 0.1) is 0 Å². The molecule has 0 fully saturated rings.